The lowest BCUT2D eigenvalue weighted by Crippen LogP contribution is -2.15. The summed E-state index contributed by atoms with van der Waals surface area (Å²) in [5, 5.41) is 6.91. The van der Waals surface area contributed by atoms with E-state index in [1.165, 1.54) is 25.3 Å². The average molecular weight is 390 g/mol. The number of halogens is 2. The monoisotopic (exact) mass is 389 g/mol. The minimum Gasteiger partial charge on any atom is -0.497 e. The van der Waals surface area contributed by atoms with E-state index < -0.39 is 11.7 Å². The van der Waals surface area contributed by atoms with Crippen molar-refractivity contribution < 1.29 is 13.9 Å². The molecule has 0 aliphatic heterocycles. The summed E-state index contributed by atoms with van der Waals surface area (Å²) in [7, 11) is 1.44. The molecule has 0 unspecified atom stereocenters. The second kappa shape index (κ2) is 6.84. The zero-order valence-corrected chi connectivity index (χ0v) is 14.2. The van der Waals surface area contributed by atoms with Crippen LogP contribution in [0.1, 0.15) is 10.4 Å². The van der Waals surface area contributed by atoms with Crippen molar-refractivity contribution in [1.29, 1.82) is 0 Å². The van der Waals surface area contributed by atoms with Crippen LogP contribution in [0.15, 0.2) is 59.3 Å². The van der Waals surface area contributed by atoms with Crippen molar-refractivity contribution in [3.63, 3.8) is 0 Å². The molecule has 1 N–H and O–H groups in total. The molecule has 0 atom stereocenters. The third-order valence-corrected chi connectivity index (χ3v) is 3.78. The molecular formula is C17H13BrFN3O2. The van der Waals surface area contributed by atoms with Crippen molar-refractivity contribution in [1.82, 2.24) is 9.78 Å². The summed E-state index contributed by atoms with van der Waals surface area (Å²) >= 11 is 3.33. The van der Waals surface area contributed by atoms with E-state index in [9.17, 15) is 9.18 Å². The molecule has 0 saturated carbocycles. The number of amides is 1. The number of carbonyl (C=O) groups is 1. The maximum Gasteiger partial charge on any atom is 0.258 e. The molecule has 0 spiro atoms. The molecule has 0 aliphatic rings. The summed E-state index contributed by atoms with van der Waals surface area (Å²) in [6, 6.07) is 11.2. The van der Waals surface area contributed by atoms with Crippen LogP contribution in [0.5, 0.6) is 5.75 Å². The number of aromatic nitrogens is 2. The van der Waals surface area contributed by atoms with Gasteiger partial charge in [0, 0.05) is 12.3 Å². The fourth-order valence-electron chi connectivity index (χ4n) is 2.21. The van der Waals surface area contributed by atoms with Crippen molar-refractivity contribution in [3.8, 4) is 11.4 Å². The third-order valence-electron chi connectivity index (χ3n) is 3.37. The fraction of sp³-hybridized carbons (Fsp3) is 0.0588. The van der Waals surface area contributed by atoms with Crippen molar-refractivity contribution in [2.24, 2.45) is 0 Å². The van der Waals surface area contributed by atoms with Crippen LogP contribution in [0.3, 0.4) is 0 Å². The van der Waals surface area contributed by atoms with Crippen LogP contribution < -0.4 is 10.1 Å². The van der Waals surface area contributed by atoms with E-state index in [1.54, 1.807) is 35.3 Å². The number of nitrogens with zero attached hydrogens (tertiary/aromatic N) is 2. The molecule has 5 nitrogen and oxygen atoms in total. The summed E-state index contributed by atoms with van der Waals surface area (Å²) in [5.74, 6) is -0.842. The van der Waals surface area contributed by atoms with Gasteiger partial charge in [0.25, 0.3) is 5.91 Å². The Balaban J connectivity index is 1.90. The third kappa shape index (κ3) is 3.30. The molecular weight excluding hydrogens is 377 g/mol. The summed E-state index contributed by atoms with van der Waals surface area (Å²) in [6.45, 7) is 0. The summed E-state index contributed by atoms with van der Waals surface area (Å²) in [5.41, 5.74) is 1.13. The van der Waals surface area contributed by atoms with Crippen LogP contribution >= 0.6 is 15.9 Å². The SMILES string of the molecule is COc1ccc(C(=O)Nc2ccccc2-n2cc(Br)cn2)c(F)c1. The van der Waals surface area contributed by atoms with Crippen LogP contribution in [0.4, 0.5) is 10.1 Å². The number of nitrogens with one attached hydrogen (secondary N) is 1. The topological polar surface area (TPSA) is 56.1 Å². The highest BCUT2D eigenvalue weighted by molar-refractivity contribution is 9.10. The molecule has 0 fully saturated rings. The predicted octanol–water partition coefficient (Wildman–Crippen LogP) is 4.03. The molecule has 7 heteroatoms. The first-order valence-corrected chi connectivity index (χ1v) is 7.82. The predicted molar refractivity (Wildman–Crippen MR) is 92.2 cm³/mol. The summed E-state index contributed by atoms with van der Waals surface area (Å²) in [4.78, 5) is 12.4. The van der Waals surface area contributed by atoms with Crippen LogP contribution in [0, 0.1) is 5.82 Å². The molecule has 1 heterocycles. The Morgan fingerprint density at radius 1 is 1.29 bits per heavy atom. The molecule has 2 aromatic carbocycles. The van der Waals surface area contributed by atoms with Gasteiger partial charge >= 0.3 is 0 Å². The second-order valence-electron chi connectivity index (χ2n) is 4.92. The van der Waals surface area contributed by atoms with Gasteiger partial charge in [0.2, 0.25) is 0 Å². The van der Waals surface area contributed by atoms with E-state index in [2.05, 4.69) is 26.3 Å². The van der Waals surface area contributed by atoms with Crippen molar-refractivity contribution in [2.75, 3.05) is 12.4 Å². The number of benzene rings is 2. The Kier molecular flexibility index (Phi) is 4.61. The molecule has 0 bridgehead atoms. The van der Waals surface area contributed by atoms with Crippen LogP contribution in [0.2, 0.25) is 0 Å². The van der Waals surface area contributed by atoms with Crippen LogP contribution in [-0.2, 0) is 0 Å². The number of hydrogen-bond donors (Lipinski definition) is 1. The van der Waals surface area contributed by atoms with Gasteiger partial charge in [-0.15, -0.1) is 0 Å². The van der Waals surface area contributed by atoms with Gasteiger partial charge in [-0.3, -0.25) is 4.79 Å². The maximum atomic E-state index is 14.1. The number of hydrogen-bond acceptors (Lipinski definition) is 3. The Morgan fingerprint density at radius 3 is 2.75 bits per heavy atom. The van der Waals surface area contributed by atoms with E-state index in [1.807, 2.05) is 6.07 Å². The Labute approximate surface area is 146 Å². The van der Waals surface area contributed by atoms with Gasteiger partial charge in [0.15, 0.2) is 0 Å². The van der Waals surface area contributed by atoms with E-state index in [4.69, 9.17) is 4.74 Å². The van der Waals surface area contributed by atoms with Crippen molar-refractivity contribution in [2.45, 2.75) is 0 Å². The lowest BCUT2D eigenvalue weighted by atomic mass is 10.1. The van der Waals surface area contributed by atoms with Crippen LogP contribution in [-0.4, -0.2) is 22.8 Å². The Bertz CT molecular complexity index is 895. The highest BCUT2D eigenvalue weighted by atomic mass is 79.9. The Hall–Kier alpha value is -2.67. The van der Waals surface area contributed by atoms with Gasteiger partial charge in [-0.05, 0) is 40.2 Å². The summed E-state index contributed by atoms with van der Waals surface area (Å²) in [6.07, 6.45) is 3.40. The summed E-state index contributed by atoms with van der Waals surface area (Å²) < 4.78 is 21.4. The van der Waals surface area contributed by atoms with Crippen LogP contribution in [0.25, 0.3) is 5.69 Å². The highest BCUT2D eigenvalue weighted by Gasteiger charge is 2.15. The molecule has 0 aliphatic carbocycles. The molecule has 1 amide bonds. The molecule has 1 aromatic heterocycles. The minimum atomic E-state index is -0.647. The quantitative estimate of drug-likeness (QED) is 0.732. The minimum absolute atomic E-state index is 0.0627. The normalized spacial score (nSPS) is 10.5. The van der Waals surface area contributed by atoms with E-state index >= 15 is 0 Å². The number of ether oxygens (including phenoxy) is 1. The zero-order chi connectivity index (χ0) is 17.1. The average Bonchev–Trinajstić information content (AvgIpc) is 3.01. The smallest absolute Gasteiger partial charge is 0.258 e. The number of rotatable bonds is 4. The van der Waals surface area contributed by atoms with E-state index in [-0.39, 0.29) is 5.56 Å². The number of anilines is 1. The van der Waals surface area contributed by atoms with E-state index in [0.29, 0.717) is 17.1 Å². The fourth-order valence-corrected chi connectivity index (χ4v) is 2.49. The van der Waals surface area contributed by atoms with Gasteiger partial charge in [0.1, 0.15) is 11.6 Å². The maximum absolute atomic E-state index is 14.1. The number of methoxy groups -OCH3 is 1. The molecule has 0 saturated heterocycles. The van der Waals surface area contributed by atoms with Gasteiger partial charge in [-0.25, -0.2) is 9.07 Å². The standard InChI is InChI=1S/C17H13BrFN3O2/c1-24-12-6-7-13(14(19)8-12)17(23)21-15-4-2-3-5-16(15)22-10-11(18)9-20-22/h2-10H,1H3,(H,21,23). The van der Waals surface area contributed by atoms with Crippen molar-refractivity contribution in [3.05, 3.63) is 70.7 Å². The molecule has 0 radical (unpaired) electrons. The largest absolute Gasteiger partial charge is 0.497 e. The molecule has 3 aromatic rings. The van der Waals surface area contributed by atoms with E-state index in [0.717, 1.165) is 4.47 Å². The second-order valence-corrected chi connectivity index (χ2v) is 5.84. The Morgan fingerprint density at radius 2 is 2.08 bits per heavy atom. The number of carbonyl (C=O) groups excluding carboxylic acids is 1. The molecule has 24 heavy (non-hydrogen) atoms. The lowest BCUT2D eigenvalue weighted by molar-refractivity contribution is 0.102. The first kappa shape index (κ1) is 16.2. The van der Waals surface area contributed by atoms with Gasteiger partial charge in [-0.1, -0.05) is 12.1 Å². The molecule has 3 rings (SSSR count). The first-order valence-electron chi connectivity index (χ1n) is 7.03. The lowest BCUT2D eigenvalue weighted by Gasteiger charge is -2.11. The van der Waals surface area contributed by atoms with Gasteiger partial charge in [0.05, 0.1) is 34.7 Å². The van der Waals surface area contributed by atoms with Gasteiger partial charge in [-0.2, -0.15) is 5.10 Å². The highest BCUT2D eigenvalue weighted by Crippen LogP contribution is 2.23. The molecule has 122 valence electrons. The zero-order valence-electron chi connectivity index (χ0n) is 12.7. The first-order chi connectivity index (χ1) is 11.6. The number of para-hydroxylation sites is 2. The van der Waals surface area contributed by atoms with Gasteiger partial charge < -0.3 is 10.1 Å². The van der Waals surface area contributed by atoms with Crippen molar-refractivity contribution >= 4 is 27.5 Å².